The minimum absolute atomic E-state index is 0.473. The molecule has 0 bridgehead atoms. The zero-order chi connectivity index (χ0) is 10.5. The summed E-state index contributed by atoms with van der Waals surface area (Å²) in [6.45, 7) is 0.473. The monoisotopic (exact) mass is 199 g/mol. The van der Waals surface area contributed by atoms with Gasteiger partial charge in [-0.25, -0.2) is 5.48 Å². The zero-order valence-corrected chi connectivity index (χ0v) is 8.35. The number of rotatable bonds is 3. The Balaban J connectivity index is 2.33. The van der Waals surface area contributed by atoms with Crippen LogP contribution < -0.4 is 5.48 Å². The van der Waals surface area contributed by atoms with E-state index < -0.39 is 0 Å². The Morgan fingerprint density at radius 3 is 2.33 bits per heavy atom. The van der Waals surface area contributed by atoms with Crippen molar-refractivity contribution in [2.24, 2.45) is 0 Å². The second-order valence-corrected chi connectivity index (χ2v) is 3.40. The van der Waals surface area contributed by atoms with Crippen LogP contribution in [0.1, 0.15) is 5.56 Å². The molecule has 0 aromatic heterocycles. The normalized spacial score (nSPS) is 10.2. The molecule has 0 aliphatic carbocycles. The largest absolute Gasteiger partial charge is 0.316 e. The quantitative estimate of drug-likeness (QED) is 0.745. The summed E-state index contributed by atoms with van der Waals surface area (Å²) in [4.78, 5) is 0. The van der Waals surface area contributed by atoms with E-state index in [0.29, 0.717) is 6.54 Å². The molecule has 2 rings (SSSR count). The summed E-state index contributed by atoms with van der Waals surface area (Å²) in [6.07, 6.45) is 0. The van der Waals surface area contributed by atoms with Gasteiger partial charge in [0.2, 0.25) is 0 Å². The fourth-order valence-corrected chi connectivity index (χ4v) is 1.58. The summed E-state index contributed by atoms with van der Waals surface area (Å²) in [7, 11) is 0. The number of hydrogen-bond donors (Lipinski definition) is 2. The van der Waals surface area contributed by atoms with Crippen LogP contribution in [0.25, 0.3) is 11.1 Å². The molecule has 0 amide bonds. The molecule has 76 valence electrons. The van der Waals surface area contributed by atoms with Gasteiger partial charge in [-0.05, 0) is 22.8 Å². The maximum absolute atomic E-state index is 8.63. The van der Waals surface area contributed by atoms with Gasteiger partial charge >= 0.3 is 0 Å². The van der Waals surface area contributed by atoms with Crippen molar-refractivity contribution in [3.8, 4) is 11.1 Å². The highest BCUT2D eigenvalue weighted by molar-refractivity contribution is 5.63. The fraction of sp³-hybridized carbons (Fsp3) is 0.0769. The average molecular weight is 199 g/mol. The third-order valence-corrected chi connectivity index (χ3v) is 2.32. The van der Waals surface area contributed by atoms with Crippen molar-refractivity contribution >= 4 is 0 Å². The smallest absolute Gasteiger partial charge is 0.0458 e. The second kappa shape index (κ2) is 4.73. The molecular formula is C13H13NO. The lowest BCUT2D eigenvalue weighted by Gasteiger charge is -2.04. The van der Waals surface area contributed by atoms with Crippen molar-refractivity contribution in [1.82, 2.24) is 5.48 Å². The van der Waals surface area contributed by atoms with E-state index in [1.54, 1.807) is 0 Å². The third kappa shape index (κ3) is 2.43. The van der Waals surface area contributed by atoms with E-state index in [1.165, 1.54) is 11.1 Å². The molecule has 0 heterocycles. The molecule has 2 heteroatoms. The number of hydroxylamine groups is 1. The predicted molar refractivity (Wildman–Crippen MR) is 60.5 cm³/mol. The van der Waals surface area contributed by atoms with E-state index in [9.17, 15) is 0 Å². The highest BCUT2D eigenvalue weighted by atomic mass is 16.5. The lowest BCUT2D eigenvalue weighted by Crippen LogP contribution is -2.05. The Morgan fingerprint density at radius 1 is 0.867 bits per heavy atom. The minimum Gasteiger partial charge on any atom is -0.316 e. The van der Waals surface area contributed by atoms with Crippen molar-refractivity contribution in [3.63, 3.8) is 0 Å². The van der Waals surface area contributed by atoms with E-state index in [-0.39, 0.29) is 0 Å². The topological polar surface area (TPSA) is 32.3 Å². The van der Waals surface area contributed by atoms with Crippen LogP contribution in [-0.2, 0) is 6.54 Å². The van der Waals surface area contributed by atoms with Crippen LogP contribution in [-0.4, -0.2) is 5.21 Å². The molecule has 2 aromatic rings. The van der Waals surface area contributed by atoms with Gasteiger partial charge in [0, 0.05) is 6.54 Å². The summed E-state index contributed by atoms with van der Waals surface area (Å²) < 4.78 is 0. The summed E-state index contributed by atoms with van der Waals surface area (Å²) in [5.74, 6) is 0. The van der Waals surface area contributed by atoms with Crippen LogP contribution in [0.3, 0.4) is 0 Å². The van der Waals surface area contributed by atoms with E-state index >= 15 is 0 Å². The van der Waals surface area contributed by atoms with Crippen molar-refractivity contribution in [3.05, 3.63) is 60.2 Å². The van der Waals surface area contributed by atoms with E-state index in [0.717, 1.165) is 5.56 Å². The molecule has 2 nitrogen and oxygen atoms in total. The Bertz CT molecular complexity index is 426. The second-order valence-electron chi connectivity index (χ2n) is 3.40. The van der Waals surface area contributed by atoms with E-state index in [4.69, 9.17) is 5.21 Å². The maximum atomic E-state index is 8.63. The standard InChI is InChI=1S/C13H13NO/c15-14-10-11-5-4-8-13(9-11)12-6-2-1-3-7-12/h1-9,14-15H,10H2. The first-order chi connectivity index (χ1) is 7.40. The average Bonchev–Trinajstić information content (AvgIpc) is 2.31. The maximum Gasteiger partial charge on any atom is 0.0458 e. The van der Waals surface area contributed by atoms with Gasteiger partial charge < -0.3 is 5.21 Å². The minimum atomic E-state index is 0.473. The molecule has 0 saturated carbocycles. The molecule has 0 radical (unpaired) electrons. The molecule has 0 unspecified atom stereocenters. The summed E-state index contributed by atoms with van der Waals surface area (Å²) in [6, 6.07) is 18.3. The number of hydrogen-bond acceptors (Lipinski definition) is 2. The van der Waals surface area contributed by atoms with Crippen LogP contribution in [0, 0.1) is 0 Å². The first kappa shape index (κ1) is 9.90. The van der Waals surface area contributed by atoms with Crippen LogP contribution in [0.4, 0.5) is 0 Å². The fourth-order valence-electron chi connectivity index (χ4n) is 1.58. The van der Waals surface area contributed by atoms with Gasteiger partial charge in [0.05, 0.1) is 0 Å². The van der Waals surface area contributed by atoms with Gasteiger partial charge in [-0.15, -0.1) is 0 Å². The number of nitrogens with one attached hydrogen (secondary N) is 1. The summed E-state index contributed by atoms with van der Waals surface area (Å²) in [5.41, 5.74) is 5.59. The summed E-state index contributed by atoms with van der Waals surface area (Å²) >= 11 is 0. The van der Waals surface area contributed by atoms with Crippen molar-refractivity contribution in [2.45, 2.75) is 6.54 Å². The number of benzene rings is 2. The van der Waals surface area contributed by atoms with Crippen molar-refractivity contribution < 1.29 is 5.21 Å². The lowest BCUT2D eigenvalue weighted by molar-refractivity contribution is 0.161. The van der Waals surface area contributed by atoms with Gasteiger partial charge in [0.25, 0.3) is 0 Å². The molecular weight excluding hydrogens is 186 g/mol. The molecule has 0 aliphatic rings. The van der Waals surface area contributed by atoms with Gasteiger partial charge in [0.1, 0.15) is 0 Å². The first-order valence-electron chi connectivity index (χ1n) is 4.91. The van der Waals surface area contributed by atoms with E-state index in [2.05, 4.69) is 29.7 Å². The SMILES string of the molecule is ONCc1cccc(-c2ccccc2)c1. The molecule has 2 N–H and O–H groups in total. The molecule has 0 spiro atoms. The Kier molecular flexibility index (Phi) is 3.12. The van der Waals surface area contributed by atoms with Gasteiger partial charge in [-0.2, -0.15) is 0 Å². The highest BCUT2D eigenvalue weighted by Gasteiger charge is 1.97. The summed E-state index contributed by atoms with van der Waals surface area (Å²) in [5, 5.41) is 8.63. The Morgan fingerprint density at radius 2 is 1.60 bits per heavy atom. The predicted octanol–water partition coefficient (Wildman–Crippen LogP) is 2.83. The Hall–Kier alpha value is -1.64. The molecule has 0 aliphatic heterocycles. The molecule has 2 aromatic carbocycles. The molecule has 0 saturated heterocycles. The van der Waals surface area contributed by atoms with Gasteiger partial charge in [0.15, 0.2) is 0 Å². The van der Waals surface area contributed by atoms with Crippen LogP contribution in [0.2, 0.25) is 0 Å². The van der Waals surface area contributed by atoms with E-state index in [1.807, 2.05) is 30.3 Å². The molecule has 0 atom stereocenters. The first-order valence-corrected chi connectivity index (χ1v) is 4.91. The van der Waals surface area contributed by atoms with Crippen molar-refractivity contribution in [2.75, 3.05) is 0 Å². The van der Waals surface area contributed by atoms with Crippen molar-refractivity contribution in [1.29, 1.82) is 0 Å². The van der Waals surface area contributed by atoms with Gasteiger partial charge in [-0.1, -0.05) is 48.5 Å². The highest BCUT2D eigenvalue weighted by Crippen LogP contribution is 2.19. The molecule has 15 heavy (non-hydrogen) atoms. The molecule has 0 fully saturated rings. The van der Waals surface area contributed by atoms with Crippen LogP contribution in [0.5, 0.6) is 0 Å². The zero-order valence-electron chi connectivity index (χ0n) is 8.35. The lowest BCUT2D eigenvalue weighted by atomic mass is 10.0. The Labute approximate surface area is 89.2 Å². The van der Waals surface area contributed by atoms with Crippen LogP contribution >= 0.6 is 0 Å². The van der Waals surface area contributed by atoms with Crippen LogP contribution in [0.15, 0.2) is 54.6 Å². The third-order valence-electron chi connectivity index (χ3n) is 2.32. The van der Waals surface area contributed by atoms with Gasteiger partial charge in [-0.3, -0.25) is 0 Å².